The number of hydrogen-bond donors (Lipinski definition) is 1. The molecule has 0 aliphatic carbocycles. The molecule has 2 aliphatic rings. The standard InChI is InChI=1S/C16H22N2O4S/c19-16(20)4-3-8-17-11-7-13-5-6-14(12-15(13)17)23(21,22)18-9-1-2-10-18/h5-6,12H,1-4,7-11H2,(H,19,20). The van der Waals surface area contributed by atoms with E-state index < -0.39 is 16.0 Å². The van der Waals surface area contributed by atoms with Crippen LogP contribution in [0.5, 0.6) is 0 Å². The summed E-state index contributed by atoms with van der Waals surface area (Å²) >= 11 is 0. The Morgan fingerprint density at radius 3 is 2.61 bits per heavy atom. The van der Waals surface area contributed by atoms with Gasteiger partial charge in [-0.15, -0.1) is 0 Å². The molecule has 0 amide bonds. The first-order chi connectivity index (χ1) is 11.0. The van der Waals surface area contributed by atoms with Gasteiger partial charge in [0.15, 0.2) is 0 Å². The normalized spacial score (nSPS) is 18.3. The summed E-state index contributed by atoms with van der Waals surface area (Å²) in [7, 11) is -3.41. The largest absolute Gasteiger partial charge is 0.481 e. The number of fused-ring (bicyclic) bond motifs is 1. The average molecular weight is 338 g/mol. The lowest BCUT2D eigenvalue weighted by atomic mass is 10.2. The minimum atomic E-state index is -3.41. The van der Waals surface area contributed by atoms with Crippen molar-refractivity contribution in [3.8, 4) is 0 Å². The Kier molecular flexibility index (Phi) is 4.59. The number of benzene rings is 1. The second-order valence-electron chi connectivity index (χ2n) is 6.14. The van der Waals surface area contributed by atoms with E-state index in [0.29, 0.717) is 31.0 Å². The second kappa shape index (κ2) is 6.49. The minimum Gasteiger partial charge on any atom is -0.481 e. The fraction of sp³-hybridized carbons (Fsp3) is 0.562. The molecule has 126 valence electrons. The van der Waals surface area contributed by atoms with Gasteiger partial charge < -0.3 is 10.0 Å². The quantitative estimate of drug-likeness (QED) is 0.854. The number of carbonyl (C=O) groups is 1. The number of sulfonamides is 1. The molecule has 0 spiro atoms. The summed E-state index contributed by atoms with van der Waals surface area (Å²) < 4.78 is 26.9. The van der Waals surface area contributed by atoms with Gasteiger partial charge in [-0.05, 0) is 43.4 Å². The van der Waals surface area contributed by atoms with Gasteiger partial charge in [0.1, 0.15) is 0 Å². The smallest absolute Gasteiger partial charge is 0.303 e. The van der Waals surface area contributed by atoms with Gasteiger partial charge in [-0.2, -0.15) is 4.31 Å². The molecule has 1 fully saturated rings. The molecule has 0 saturated carbocycles. The molecule has 1 aromatic carbocycles. The molecule has 7 heteroatoms. The van der Waals surface area contributed by atoms with E-state index in [2.05, 4.69) is 4.90 Å². The lowest BCUT2D eigenvalue weighted by Crippen LogP contribution is -2.28. The van der Waals surface area contributed by atoms with Gasteiger partial charge in [0, 0.05) is 38.3 Å². The molecule has 0 radical (unpaired) electrons. The summed E-state index contributed by atoms with van der Waals surface area (Å²) in [6.45, 7) is 2.66. The van der Waals surface area contributed by atoms with E-state index in [1.54, 1.807) is 16.4 Å². The van der Waals surface area contributed by atoms with Crippen molar-refractivity contribution < 1.29 is 18.3 Å². The highest BCUT2D eigenvalue weighted by Gasteiger charge is 2.29. The summed E-state index contributed by atoms with van der Waals surface area (Å²) in [5.74, 6) is -0.796. The second-order valence-corrected chi connectivity index (χ2v) is 8.07. The van der Waals surface area contributed by atoms with Gasteiger partial charge in [0.25, 0.3) is 0 Å². The number of hydrogen-bond acceptors (Lipinski definition) is 4. The van der Waals surface area contributed by atoms with Crippen LogP contribution in [-0.2, 0) is 21.2 Å². The Labute approximate surface area is 136 Å². The monoisotopic (exact) mass is 338 g/mol. The molecule has 0 bridgehead atoms. The number of aliphatic carboxylic acids is 1. The molecule has 2 aliphatic heterocycles. The number of carboxylic acids is 1. The third kappa shape index (κ3) is 3.35. The van der Waals surface area contributed by atoms with Crippen molar-refractivity contribution in [2.75, 3.05) is 31.1 Å². The van der Waals surface area contributed by atoms with Crippen molar-refractivity contribution in [2.45, 2.75) is 37.0 Å². The Morgan fingerprint density at radius 2 is 1.91 bits per heavy atom. The van der Waals surface area contributed by atoms with Gasteiger partial charge >= 0.3 is 5.97 Å². The molecule has 0 unspecified atom stereocenters. The Balaban J connectivity index is 1.79. The highest BCUT2D eigenvalue weighted by molar-refractivity contribution is 7.89. The molecule has 23 heavy (non-hydrogen) atoms. The number of rotatable bonds is 6. The van der Waals surface area contributed by atoms with E-state index in [0.717, 1.165) is 37.1 Å². The summed E-state index contributed by atoms with van der Waals surface area (Å²) in [5.41, 5.74) is 2.08. The van der Waals surface area contributed by atoms with Crippen molar-refractivity contribution in [3.05, 3.63) is 23.8 Å². The van der Waals surface area contributed by atoms with Crippen LogP contribution in [0.25, 0.3) is 0 Å². The van der Waals surface area contributed by atoms with Crippen molar-refractivity contribution in [2.24, 2.45) is 0 Å². The van der Waals surface area contributed by atoms with Crippen LogP contribution in [0.3, 0.4) is 0 Å². The highest BCUT2D eigenvalue weighted by atomic mass is 32.2. The van der Waals surface area contributed by atoms with Gasteiger partial charge in [-0.1, -0.05) is 6.07 Å². The molecule has 1 aromatic rings. The fourth-order valence-electron chi connectivity index (χ4n) is 3.32. The third-order valence-corrected chi connectivity index (χ3v) is 6.46. The van der Waals surface area contributed by atoms with Crippen LogP contribution in [0.15, 0.2) is 23.1 Å². The zero-order valence-electron chi connectivity index (χ0n) is 13.1. The number of carboxylic acid groups (broad SMARTS) is 1. The molecular formula is C16H22N2O4S. The van der Waals surface area contributed by atoms with E-state index in [1.165, 1.54) is 0 Å². The van der Waals surface area contributed by atoms with E-state index in [9.17, 15) is 13.2 Å². The lowest BCUT2D eigenvalue weighted by Gasteiger charge is -2.21. The summed E-state index contributed by atoms with van der Waals surface area (Å²) in [5, 5.41) is 8.75. The van der Waals surface area contributed by atoms with Crippen LogP contribution < -0.4 is 4.90 Å². The Hall–Kier alpha value is -1.60. The molecule has 3 rings (SSSR count). The molecule has 6 nitrogen and oxygen atoms in total. The first kappa shape index (κ1) is 16.3. The van der Waals surface area contributed by atoms with Crippen LogP contribution in [0.4, 0.5) is 5.69 Å². The zero-order chi connectivity index (χ0) is 16.4. The summed E-state index contributed by atoms with van der Waals surface area (Å²) in [6, 6.07) is 5.36. The average Bonchev–Trinajstić information content (AvgIpc) is 3.16. The first-order valence-electron chi connectivity index (χ1n) is 8.08. The topological polar surface area (TPSA) is 77.9 Å². The van der Waals surface area contributed by atoms with Crippen LogP contribution in [0.2, 0.25) is 0 Å². The molecule has 1 saturated heterocycles. The predicted octanol–water partition coefficient (Wildman–Crippen LogP) is 1.70. The Morgan fingerprint density at radius 1 is 1.17 bits per heavy atom. The predicted molar refractivity (Wildman–Crippen MR) is 87.2 cm³/mol. The van der Waals surface area contributed by atoms with E-state index in [1.807, 2.05) is 6.07 Å². The maximum atomic E-state index is 12.7. The SMILES string of the molecule is O=C(O)CCCN1CCc2ccc(S(=O)(=O)N3CCCC3)cc21. The van der Waals surface area contributed by atoms with E-state index in [-0.39, 0.29) is 6.42 Å². The van der Waals surface area contributed by atoms with Crippen molar-refractivity contribution in [1.82, 2.24) is 4.31 Å². The number of nitrogens with zero attached hydrogens (tertiary/aromatic N) is 2. The highest BCUT2D eigenvalue weighted by Crippen LogP contribution is 2.32. The molecule has 0 aromatic heterocycles. The van der Waals surface area contributed by atoms with Crippen LogP contribution >= 0.6 is 0 Å². The molecular weight excluding hydrogens is 316 g/mol. The van der Waals surface area contributed by atoms with Gasteiger partial charge in [0.2, 0.25) is 10.0 Å². The van der Waals surface area contributed by atoms with Crippen molar-refractivity contribution in [3.63, 3.8) is 0 Å². The maximum absolute atomic E-state index is 12.7. The maximum Gasteiger partial charge on any atom is 0.303 e. The van der Waals surface area contributed by atoms with E-state index in [4.69, 9.17) is 5.11 Å². The van der Waals surface area contributed by atoms with Gasteiger partial charge in [-0.25, -0.2) is 8.42 Å². The van der Waals surface area contributed by atoms with Crippen LogP contribution in [-0.4, -0.2) is 50.0 Å². The van der Waals surface area contributed by atoms with Crippen LogP contribution in [0.1, 0.15) is 31.2 Å². The van der Waals surface area contributed by atoms with Crippen molar-refractivity contribution in [1.29, 1.82) is 0 Å². The Bertz CT molecular complexity index is 696. The third-order valence-electron chi connectivity index (χ3n) is 4.57. The van der Waals surface area contributed by atoms with Crippen molar-refractivity contribution >= 4 is 21.7 Å². The lowest BCUT2D eigenvalue weighted by molar-refractivity contribution is -0.137. The fourth-order valence-corrected chi connectivity index (χ4v) is 4.85. The number of anilines is 1. The minimum absolute atomic E-state index is 0.137. The van der Waals surface area contributed by atoms with Crippen LogP contribution in [0, 0.1) is 0 Å². The zero-order valence-corrected chi connectivity index (χ0v) is 13.9. The molecule has 1 N–H and O–H groups in total. The summed E-state index contributed by atoms with van der Waals surface area (Å²) in [4.78, 5) is 13.1. The summed E-state index contributed by atoms with van der Waals surface area (Å²) in [6.07, 6.45) is 3.43. The molecule has 0 atom stereocenters. The van der Waals surface area contributed by atoms with Gasteiger partial charge in [-0.3, -0.25) is 4.79 Å². The first-order valence-corrected chi connectivity index (χ1v) is 9.52. The van der Waals surface area contributed by atoms with Gasteiger partial charge in [0.05, 0.1) is 4.90 Å². The molecule has 2 heterocycles. The van der Waals surface area contributed by atoms with E-state index >= 15 is 0 Å².